The first kappa shape index (κ1) is 14.3. The van der Waals surface area contributed by atoms with Crippen molar-refractivity contribution in [2.24, 2.45) is 0 Å². The highest BCUT2D eigenvalue weighted by Gasteiger charge is 2.18. The van der Waals surface area contributed by atoms with Crippen LogP contribution in [0.15, 0.2) is 23.8 Å². The number of aryl methyl sites for hydroxylation is 1. The molecule has 0 radical (unpaired) electrons. The highest BCUT2D eigenvalue weighted by atomic mass is 35.5. The number of halogens is 1. The molecule has 0 saturated carbocycles. The standard InChI is InChI=1S/C14H16ClNO2S/c1-8(2)18-11-4-10(5-16-6-11)13(17)14-12(15)9(3)7-19-14/h4-8,13,17H,1-3H3. The average molecular weight is 298 g/mol. The van der Waals surface area contributed by atoms with Gasteiger partial charge < -0.3 is 9.84 Å². The zero-order valence-corrected chi connectivity index (χ0v) is 12.6. The molecule has 0 aromatic carbocycles. The zero-order valence-electron chi connectivity index (χ0n) is 11.1. The third-order valence-corrected chi connectivity index (χ3v) is 4.36. The Balaban J connectivity index is 2.28. The predicted octanol–water partition coefficient (Wildman–Crippen LogP) is 3.97. The van der Waals surface area contributed by atoms with Gasteiger partial charge >= 0.3 is 0 Å². The minimum atomic E-state index is -0.769. The van der Waals surface area contributed by atoms with Gasteiger partial charge in [-0.2, -0.15) is 0 Å². The Kier molecular flexibility index (Phi) is 4.45. The van der Waals surface area contributed by atoms with Crippen molar-refractivity contribution in [3.05, 3.63) is 44.9 Å². The molecule has 5 heteroatoms. The van der Waals surface area contributed by atoms with Gasteiger partial charge in [-0.25, -0.2) is 0 Å². The first-order valence-corrected chi connectivity index (χ1v) is 7.28. The smallest absolute Gasteiger partial charge is 0.138 e. The van der Waals surface area contributed by atoms with Gasteiger partial charge in [-0.15, -0.1) is 11.3 Å². The van der Waals surface area contributed by atoms with Gasteiger partial charge in [-0.3, -0.25) is 4.98 Å². The maximum Gasteiger partial charge on any atom is 0.138 e. The van der Waals surface area contributed by atoms with Crippen LogP contribution < -0.4 is 4.74 Å². The van der Waals surface area contributed by atoms with Gasteiger partial charge in [0, 0.05) is 11.8 Å². The quantitative estimate of drug-likeness (QED) is 0.928. The Morgan fingerprint density at radius 3 is 2.68 bits per heavy atom. The van der Waals surface area contributed by atoms with E-state index in [0.717, 1.165) is 10.4 Å². The number of ether oxygens (including phenoxy) is 1. The lowest BCUT2D eigenvalue weighted by molar-refractivity contribution is 0.219. The summed E-state index contributed by atoms with van der Waals surface area (Å²) in [6.07, 6.45) is 2.57. The molecular weight excluding hydrogens is 282 g/mol. The zero-order chi connectivity index (χ0) is 14.0. The van der Waals surface area contributed by atoms with E-state index in [2.05, 4.69) is 4.98 Å². The lowest BCUT2D eigenvalue weighted by atomic mass is 10.1. The summed E-state index contributed by atoms with van der Waals surface area (Å²) in [7, 11) is 0. The van der Waals surface area contributed by atoms with Crippen molar-refractivity contribution < 1.29 is 9.84 Å². The molecular formula is C14H16ClNO2S. The molecule has 1 atom stereocenters. The highest BCUT2D eigenvalue weighted by Crippen LogP contribution is 2.36. The molecule has 0 amide bonds. The molecule has 2 rings (SSSR count). The Hall–Kier alpha value is -1.10. The van der Waals surface area contributed by atoms with E-state index < -0.39 is 6.10 Å². The van der Waals surface area contributed by atoms with Crippen LogP contribution in [0.2, 0.25) is 5.02 Å². The molecule has 102 valence electrons. The van der Waals surface area contributed by atoms with Gasteiger partial charge in [-0.1, -0.05) is 11.6 Å². The van der Waals surface area contributed by atoms with Gasteiger partial charge in [0.1, 0.15) is 11.9 Å². The van der Waals surface area contributed by atoms with E-state index in [1.807, 2.05) is 26.2 Å². The van der Waals surface area contributed by atoms with E-state index in [1.54, 1.807) is 18.5 Å². The van der Waals surface area contributed by atoms with Crippen LogP contribution in [-0.4, -0.2) is 16.2 Å². The third kappa shape index (κ3) is 3.26. The minimum absolute atomic E-state index is 0.0711. The predicted molar refractivity (Wildman–Crippen MR) is 78.1 cm³/mol. The first-order valence-electron chi connectivity index (χ1n) is 6.02. The van der Waals surface area contributed by atoms with Crippen LogP contribution in [-0.2, 0) is 0 Å². The Labute approximate surface area is 121 Å². The number of hydrogen-bond donors (Lipinski definition) is 1. The van der Waals surface area contributed by atoms with Crippen molar-refractivity contribution in [2.75, 3.05) is 0 Å². The van der Waals surface area contributed by atoms with Gasteiger partial charge in [0.25, 0.3) is 0 Å². The molecule has 3 nitrogen and oxygen atoms in total. The van der Waals surface area contributed by atoms with Gasteiger partial charge in [0.05, 0.1) is 22.2 Å². The number of aliphatic hydroxyl groups is 1. The molecule has 2 heterocycles. The average Bonchev–Trinajstić information content (AvgIpc) is 2.69. The fourth-order valence-corrected chi connectivity index (χ4v) is 3.01. The summed E-state index contributed by atoms with van der Waals surface area (Å²) in [6.45, 7) is 5.82. The fraction of sp³-hybridized carbons (Fsp3) is 0.357. The molecule has 0 bridgehead atoms. The number of nitrogens with zero attached hydrogens (tertiary/aromatic N) is 1. The Morgan fingerprint density at radius 1 is 1.37 bits per heavy atom. The maximum absolute atomic E-state index is 10.4. The van der Waals surface area contributed by atoms with Crippen molar-refractivity contribution in [1.29, 1.82) is 0 Å². The SMILES string of the molecule is Cc1csc(C(O)c2cncc(OC(C)C)c2)c1Cl. The molecule has 1 unspecified atom stereocenters. The van der Waals surface area contributed by atoms with Crippen LogP contribution in [0.4, 0.5) is 0 Å². The number of pyridine rings is 1. The summed E-state index contributed by atoms with van der Waals surface area (Å²) in [5.41, 5.74) is 1.66. The Bertz CT molecular complexity index is 568. The van der Waals surface area contributed by atoms with Crippen molar-refractivity contribution in [1.82, 2.24) is 4.98 Å². The molecule has 19 heavy (non-hydrogen) atoms. The fourth-order valence-electron chi connectivity index (χ4n) is 1.71. The summed E-state index contributed by atoms with van der Waals surface area (Å²) < 4.78 is 5.57. The van der Waals surface area contributed by atoms with E-state index in [-0.39, 0.29) is 6.10 Å². The summed E-state index contributed by atoms with van der Waals surface area (Å²) in [5.74, 6) is 0.649. The molecule has 2 aromatic rings. The molecule has 0 aliphatic rings. The van der Waals surface area contributed by atoms with E-state index in [0.29, 0.717) is 16.3 Å². The second-order valence-electron chi connectivity index (χ2n) is 4.62. The molecule has 0 saturated heterocycles. The van der Waals surface area contributed by atoms with Crippen LogP contribution in [0.3, 0.4) is 0 Å². The van der Waals surface area contributed by atoms with Gasteiger partial charge in [0.2, 0.25) is 0 Å². The van der Waals surface area contributed by atoms with Gasteiger partial charge in [-0.05, 0) is 37.8 Å². The molecule has 0 fully saturated rings. The third-order valence-electron chi connectivity index (χ3n) is 2.60. The van der Waals surface area contributed by atoms with E-state index in [1.165, 1.54) is 11.3 Å². The molecule has 2 aromatic heterocycles. The second-order valence-corrected chi connectivity index (χ2v) is 5.91. The largest absolute Gasteiger partial charge is 0.489 e. The van der Waals surface area contributed by atoms with Crippen LogP contribution >= 0.6 is 22.9 Å². The second kappa shape index (κ2) is 5.90. The Morgan fingerprint density at radius 2 is 2.11 bits per heavy atom. The molecule has 0 spiro atoms. The molecule has 0 aliphatic carbocycles. The normalized spacial score (nSPS) is 12.7. The number of aromatic nitrogens is 1. The monoisotopic (exact) mass is 297 g/mol. The lowest BCUT2D eigenvalue weighted by Crippen LogP contribution is -2.07. The van der Waals surface area contributed by atoms with E-state index in [9.17, 15) is 5.11 Å². The summed E-state index contributed by atoms with van der Waals surface area (Å²) in [4.78, 5) is 4.84. The van der Waals surface area contributed by atoms with Crippen molar-refractivity contribution in [2.45, 2.75) is 33.0 Å². The van der Waals surface area contributed by atoms with Crippen molar-refractivity contribution >= 4 is 22.9 Å². The van der Waals surface area contributed by atoms with Crippen LogP contribution in [0.25, 0.3) is 0 Å². The number of thiophene rings is 1. The van der Waals surface area contributed by atoms with Crippen molar-refractivity contribution in [3.8, 4) is 5.75 Å². The number of aliphatic hydroxyl groups excluding tert-OH is 1. The first-order chi connectivity index (χ1) is 8.99. The summed E-state index contributed by atoms with van der Waals surface area (Å²) in [6, 6.07) is 1.79. The number of rotatable bonds is 4. The lowest BCUT2D eigenvalue weighted by Gasteiger charge is -2.13. The summed E-state index contributed by atoms with van der Waals surface area (Å²) in [5, 5.41) is 12.9. The topological polar surface area (TPSA) is 42.4 Å². The van der Waals surface area contributed by atoms with Crippen LogP contribution in [0, 0.1) is 6.92 Å². The van der Waals surface area contributed by atoms with E-state index >= 15 is 0 Å². The van der Waals surface area contributed by atoms with Gasteiger partial charge in [0.15, 0.2) is 0 Å². The summed E-state index contributed by atoms with van der Waals surface area (Å²) >= 11 is 7.62. The van der Waals surface area contributed by atoms with Crippen LogP contribution in [0.1, 0.15) is 36.0 Å². The molecule has 0 aliphatic heterocycles. The minimum Gasteiger partial charge on any atom is -0.489 e. The van der Waals surface area contributed by atoms with Crippen LogP contribution in [0.5, 0.6) is 5.75 Å². The molecule has 1 N–H and O–H groups in total. The highest BCUT2D eigenvalue weighted by molar-refractivity contribution is 7.10. The maximum atomic E-state index is 10.4. The van der Waals surface area contributed by atoms with E-state index in [4.69, 9.17) is 16.3 Å². The van der Waals surface area contributed by atoms with Crippen molar-refractivity contribution in [3.63, 3.8) is 0 Å². The number of hydrogen-bond acceptors (Lipinski definition) is 4.